The van der Waals surface area contributed by atoms with Gasteiger partial charge in [-0.25, -0.2) is 0 Å². The number of carbonyl (C=O) groups is 2. The first-order valence-electron chi connectivity index (χ1n) is 15.1. The molecule has 0 unspecified atom stereocenters. The Hall–Kier alpha value is -3.36. The van der Waals surface area contributed by atoms with Crippen molar-refractivity contribution in [3.63, 3.8) is 0 Å². The largest absolute Gasteiger partial charge is 0.493 e. The van der Waals surface area contributed by atoms with Gasteiger partial charge < -0.3 is 19.1 Å². The highest BCUT2D eigenvalue weighted by Gasteiger charge is 2.30. The maximum absolute atomic E-state index is 13.3. The van der Waals surface area contributed by atoms with E-state index in [9.17, 15) is 9.59 Å². The number of hydrogen-bond donors (Lipinski definition) is 0. The van der Waals surface area contributed by atoms with Gasteiger partial charge in [0.05, 0.1) is 26.2 Å². The Labute approximate surface area is 260 Å². The molecule has 7 nitrogen and oxygen atoms in total. The Morgan fingerprint density at radius 2 is 1.51 bits per heavy atom. The molecular weight excluding hydrogens is 560 g/mol. The molecule has 1 aliphatic heterocycles. The molecule has 1 fully saturated rings. The van der Waals surface area contributed by atoms with Crippen LogP contribution in [0.4, 0.5) is 0 Å². The van der Waals surface area contributed by atoms with Crippen molar-refractivity contribution in [3.8, 4) is 17.2 Å². The monoisotopic (exact) mass is 606 g/mol. The molecule has 43 heavy (non-hydrogen) atoms. The number of amides is 1. The Balaban J connectivity index is 1.23. The molecule has 2 aromatic carbocycles. The van der Waals surface area contributed by atoms with Gasteiger partial charge in [0.2, 0.25) is 11.7 Å². The molecule has 4 rings (SSSR count). The standard InChI is InChI=1S/C35H46N2O5S/c1-25-10-12-26(13-11-25)8-7-9-28-15-17-31(43-28)29(38)22-35(2,3)23-32(39)37-20-18-36(19-21-37)24-27-14-16-30(40-4)34(42-6)33(27)41-5/h10-17H,7-9,18-24H2,1-6H3. The van der Waals surface area contributed by atoms with Gasteiger partial charge in [-0.05, 0) is 55.4 Å². The SMILES string of the molecule is COc1ccc(CN2CCN(C(=O)CC(C)(C)CC(=O)c3ccc(CCCc4ccc(C)cc4)s3)CC2)c(OC)c1OC. The van der Waals surface area contributed by atoms with Crippen LogP contribution < -0.4 is 14.2 Å². The number of aryl methyl sites for hydroxylation is 3. The maximum Gasteiger partial charge on any atom is 0.223 e. The van der Waals surface area contributed by atoms with Crippen LogP contribution in [-0.2, 0) is 24.2 Å². The number of Topliss-reactive ketones (excluding diaryl/α,β-unsaturated/α-hetero) is 1. The van der Waals surface area contributed by atoms with E-state index in [-0.39, 0.29) is 11.7 Å². The summed E-state index contributed by atoms with van der Waals surface area (Å²) in [6.07, 6.45) is 3.79. The Bertz CT molecular complexity index is 1370. The van der Waals surface area contributed by atoms with Crippen LogP contribution in [0, 0.1) is 12.3 Å². The zero-order valence-electron chi connectivity index (χ0n) is 26.5. The Kier molecular flexibility index (Phi) is 11.3. The highest BCUT2D eigenvalue weighted by Crippen LogP contribution is 2.40. The predicted molar refractivity (Wildman–Crippen MR) is 173 cm³/mol. The molecule has 0 bridgehead atoms. The van der Waals surface area contributed by atoms with Gasteiger partial charge in [0.1, 0.15) is 0 Å². The Morgan fingerprint density at radius 3 is 2.16 bits per heavy atom. The van der Waals surface area contributed by atoms with Crippen molar-refractivity contribution >= 4 is 23.0 Å². The van der Waals surface area contributed by atoms with E-state index < -0.39 is 5.41 Å². The first kappa shape index (κ1) is 32.6. The third-order valence-electron chi connectivity index (χ3n) is 8.12. The number of ketones is 1. The molecule has 1 saturated heterocycles. The summed E-state index contributed by atoms with van der Waals surface area (Å²) in [5, 5.41) is 0. The zero-order chi connectivity index (χ0) is 31.0. The molecule has 2 heterocycles. The fourth-order valence-electron chi connectivity index (χ4n) is 5.67. The second-order valence-electron chi connectivity index (χ2n) is 12.2. The van der Waals surface area contributed by atoms with Crippen LogP contribution in [0.15, 0.2) is 48.5 Å². The van der Waals surface area contributed by atoms with Gasteiger partial charge >= 0.3 is 0 Å². The van der Waals surface area contributed by atoms with E-state index >= 15 is 0 Å². The molecule has 3 aromatic rings. The molecule has 0 atom stereocenters. The van der Waals surface area contributed by atoms with Crippen LogP contribution >= 0.6 is 11.3 Å². The van der Waals surface area contributed by atoms with Crippen molar-refractivity contribution in [1.82, 2.24) is 9.80 Å². The van der Waals surface area contributed by atoms with E-state index in [0.717, 1.165) is 42.8 Å². The van der Waals surface area contributed by atoms with E-state index in [4.69, 9.17) is 14.2 Å². The van der Waals surface area contributed by atoms with E-state index in [0.29, 0.717) is 49.7 Å². The fraction of sp³-hybridized carbons (Fsp3) is 0.486. The molecule has 0 aliphatic carbocycles. The summed E-state index contributed by atoms with van der Waals surface area (Å²) in [5.74, 6) is 2.13. The number of methoxy groups -OCH3 is 3. The summed E-state index contributed by atoms with van der Waals surface area (Å²) in [4.78, 5) is 32.7. The fourth-order valence-corrected chi connectivity index (χ4v) is 6.66. The second kappa shape index (κ2) is 14.9. The minimum atomic E-state index is -0.409. The van der Waals surface area contributed by atoms with Crippen LogP contribution in [0.2, 0.25) is 0 Å². The van der Waals surface area contributed by atoms with Crippen LogP contribution in [0.3, 0.4) is 0 Å². The third-order valence-corrected chi connectivity index (χ3v) is 9.31. The summed E-state index contributed by atoms with van der Waals surface area (Å²) >= 11 is 1.60. The summed E-state index contributed by atoms with van der Waals surface area (Å²) < 4.78 is 16.6. The highest BCUT2D eigenvalue weighted by molar-refractivity contribution is 7.14. The minimum absolute atomic E-state index is 0.115. The number of rotatable bonds is 14. The van der Waals surface area contributed by atoms with Crippen LogP contribution in [0.25, 0.3) is 0 Å². The van der Waals surface area contributed by atoms with Gasteiger partial charge in [-0.3, -0.25) is 14.5 Å². The molecule has 1 aromatic heterocycles. The van der Waals surface area contributed by atoms with Crippen LogP contribution in [0.1, 0.15) is 64.3 Å². The van der Waals surface area contributed by atoms with Gasteiger partial charge in [-0.2, -0.15) is 0 Å². The van der Waals surface area contributed by atoms with E-state index in [1.165, 1.54) is 16.0 Å². The van der Waals surface area contributed by atoms with Crippen molar-refractivity contribution in [2.75, 3.05) is 47.5 Å². The summed E-state index contributed by atoms with van der Waals surface area (Å²) in [7, 11) is 4.85. The predicted octanol–water partition coefficient (Wildman–Crippen LogP) is 6.59. The second-order valence-corrected chi connectivity index (χ2v) is 13.4. The first-order valence-corrected chi connectivity index (χ1v) is 15.9. The third kappa shape index (κ3) is 8.83. The molecule has 0 spiro atoms. The van der Waals surface area contributed by atoms with Gasteiger partial charge in [-0.1, -0.05) is 49.7 Å². The van der Waals surface area contributed by atoms with E-state index in [1.54, 1.807) is 32.7 Å². The minimum Gasteiger partial charge on any atom is -0.493 e. The van der Waals surface area contributed by atoms with Crippen molar-refractivity contribution in [1.29, 1.82) is 0 Å². The highest BCUT2D eigenvalue weighted by atomic mass is 32.1. The van der Waals surface area contributed by atoms with Gasteiger partial charge in [0.25, 0.3) is 0 Å². The van der Waals surface area contributed by atoms with Crippen LogP contribution in [0.5, 0.6) is 17.2 Å². The molecule has 0 radical (unpaired) electrons. The lowest BCUT2D eigenvalue weighted by Gasteiger charge is -2.36. The average molecular weight is 607 g/mol. The van der Waals surface area contributed by atoms with Gasteiger partial charge in [0.15, 0.2) is 17.3 Å². The van der Waals surface area contributed by atoms with Crippen molar-refractivity contribution in [3.05, 3.63) is 75.0 Å². The van der Waals surface area contributed by atoms with Gasteiger partial charge in [-0.15, -0.1) is 11.3 Å². The molecule has 1 aliphatic rings. The average Bonchev–Trinajstić information content (AvgIpc) is 3.47. The van der Waals surface area contributed by atoms with Crippen molar-refractivity contribution in [2.45, 2.75) is 59.4 Å². The summed E-state index contributed by atoms with van der Waals surface area (Å²) in [6.45, 7) is 9.71. The van der Waals surface area contributed by atoms with E-state index in [1.807, 2.05) is 36.9 Å². The number of benzene rings is 2. The molecule has 232 valence electrons. The van der Waals surface area contributed by atoms with Crippen molar-refractivity contribution in [2.24, 2.45) is 5.41 Å². The van der Waals surface area contributed by atoms with Gasteiger partial charge in [0, 0.05) is 56.0 Å². The Morgan fingerprint density at radius 1 is 0.814 bits per heavy atom. The number of carbonyl (C=O) groups excluding carboxylic acids is 2. The summed E-state index contributed by atoms with van der Waals surface area (Å²) in [5.41, 5.74) is 3.24. The quantitative estimate of drug-likeness (QED) is 0.193. The van der Waals surface area contributed by atoms with Crippen molar-refractivity contribution < 1.29 is 23.8 Å². The topological polar surface area (TPSA) is 68.3 Å². The molecule has 1 amide bonds. The maximum atomic E-state index is 13.3. The number of nitrogens with zero attached hydrogens (tertiary/aromatic N) is 2. The molecule has 8 heteroatoms. The normalized spacial score (nSPS) is 14.0. The molecular formula is C35H46N2O5S. The number of thiophene rings is 1. The lowest BCUT2D eigenvalue weighted by atomic mass is 9.83. The lowest BCUT2D eigenvalue weighted by molar-refractivity contribution is -0.135. The first-order chi connectivity index (χ1) is 20.6. The lowest BCUT2D eigenvalue weighted by Crippen LogP contribution is -2.49. The number of ether oxygens (including phenoxy) is 3. The molecule has 0 saturated carbocycles. The zero-order valence-corrected chi connectivity index (χ0v) is 27.4. The number of piperazine rings is 1. The van der Waals surface area contributed by atoms with Crippen LogP contribution in [-0.4, -0.2) is 69.0 Å². The van der Waals surface area contributed by atoms with E-state index in [2.05, 4.69) is 42.2 Å². The molecule has 0 N–H and O–H groups in total. The smallest absolute Gasteiger partial charge is 0.223 e. The summed E-state index contributed by atoms with van der Waals surface area (Å²) in [6, 6.07) is 16.6. The number of hydrogen-bond acceptors (Lipinski definition) is 7.